The van der Waals surface area contributed by atoms with E-state index >= 15 is 0 Å². The molecule has 0 unspecified atom stereocenters. The molecule has 0 amide bonds. The summed E-state index contributed by atoms with van der Waals surface area (Å²) >= 11 is 0. The van der Waals surface area contributed by atoms with Gasteiger partial charge in [-0.3, -0.25) is 19.2 Å². The molecule has 0 saturated heterocycles. The summed E-state index contributed by atoms with van der Waals surface area (Å²) in [6.45, 7) is 20.6. The molecule has 77 heavy (non-hydrogen) atoms. The zero-order chi connectivity index (χ0) is 56.3. The van der Waals surface area contributed by atoms with E-state index in [1.54, 1.807) is 24.3 Å². The zero-order valence-corrected chi connectivity index (χ0v) is 46.2. The van der Waals surface area contributed by atoms with Crippen molar-refractivity contribution < 1.29 is 76.2 Å². The highest BCUT2D eigenvalue weighted by Gasteiger charge is 2.35. The Balaban J connectivity index is 0.00000632. The van der Waals surface area contributed by atoms with Crippen LogP contribution in [-0.2, 0) is 48.4 Å². The summed E-state index contributed by atoms with van der Waals surface area (Å²) in [6.07, 6.45) is 12.3. The number of unbranched alkanes of at least 4 members (excludes halogenated alkanes) is 6. The lowest BCUT2D eigenvalue weighted by atomic mass is 9.82. The number of aryl methyl sites for hydroxylation is 1. The fourth-order valence-corrected chi connectivity index (χ4v) is 8.93. The maximum Gasteiger partial charge on any atom is 0.341 e. The van der Waals surface area contributed by atoms with Crippen LogP contribution in [0.1, 0.15) is 159 Å². The summed E-state index contributed by atoms with van der Waals surface area (Å²) in [4.78, 5) is 88.5. The van der Waals surface area contributed by atoms with Gasteiger partial charge in [0.15, 0.2) is 0 Å². The van der Waals surface area contributed by atoms with Crippen LogP contribution in [0.25, 0.3) is 0 Å². The molecule has 0 heterocycles. The number of carbonyl (C=O) groups excluding carboxylic acids is 7. The summed E-state index contributed by atoms with van der Waals surface area (Å²) in [5, 5.41) is 0. The molecule has 0 aromatic heterocycles. The Bertz CT molecular complexity index is 2450. The maximum absolute atomic E-state index is 13.4. The average Bonchev–Trinajstić information content (AvgIpc) is 3.43. The van der Waals surface area contributed by atoms with Crippen molar-refractivity contribution in [3.8, 4) is 34.5 Å². The summed E-state index contributed by atoms with van der Waals surface area (Å²) in [5.41, 5.74) is 1.34. The minimum Gasteiger partial charge on any atom is -0.493 e. The van der Waals surface area contributed by atoms with E-state index in [-0.39, 0.29) is 34.4 Å². The van der Waals surface area contributed by atoms with Crippen LogP contribution in [0.2, 0.25) is 0 Å². The van der Waals surface area contributed by atoms with Gasteiger partial charge >= 0.3 is 41.8 Å². The van der Waals surface area contributed by atoms with E-state index in [0.717, 1.165) is 80.4 Å². The maximum atomic E-state index is 13.4. The Morgan fingerprint density at radius 2 is 0.857 bits per heavy atom. The first-order chi connectivity index (χ1) is 37.0. The standard InChI is InChI=1S/C59H74O16.C2H6/c1-8-52(60)70-34-16-12-10-14-32-68-49-29-26-44(36-39(49)3)72-54(62)40-22-24-43(25-23-40)57(65)75-50-30-27-45(37-47(50)58(66)67-7)73-55(63)41-18-20-42(21-19-41)56(64)74-46-28-31-51(48(38-46)59(4,5)6)69-33-15-11-13-17-35-71-53(61)9-2;1-2/h8-9,26-31,36-38,40-43H,1-2,10-25,32-35H2,3-7H3;1-2H3. The van der Waals surface area contributed by atoms with Gasteiger partial charge in [0.1, 0.15) is 40.1 Å². The highest BCUT2D eigenvalue weighted by molar-refractivity contribution is 5.94. The minimum absolute atomic E-state index is 0.0514. The molecule has 0 spiro atoms. The topological polar surface area (TPSA) is 203 Å². The first-order valence-corrected chi connectivity index (χ1v) is 27.2. The molecular weight excluding hydrogens is 989 g/mol. The van der Waals surface area contributed by atoms with E-state index in [1.807, 2.05) is 32.9 Å². The van der Waals surface area contributed by atoms with Gasteiger partial charge < -0.3 is 42.6 Å². The van der Waals surface area contributed by atoms with Crippen molar-refractivity contribution in [3.63, 3.8) is 0 Å². The van der Waals surface area contributed by atoms with Gasteiger partial charge in [0, 0.05) is 17.7 Å². The Kier molecular flexibility index (Phi) is 26.5. The summed E-state index contributed by atoms with van der Waals surface area (Å²) in [5.74, 6) is -3.06. The third kappa shape index (κ3) is 20.8. The fraction of sp³-hybridized carbons (Fsp3) is 0.525. The number of esters is 7. The van der Waals surface area contributed by atoms with Crippen LogP contribution < -0.4 is 28.4 Å². The molecule has 0 aliphatic heterocycles. The van der Waals surface area contributed by atoms with E-state index in [1.165, 1.54) is 25.3 Å². The minimum atomic E-state index is -0.792. The fourth-order valence-electron chi connectivity index (χ4n) is 8.93. The van der Waals surface area contributed by atoms with Gasteiger partial charge in [0.2, 0.25) is 0 Å². The largest absolute Gasteiger partial charge is 0.493 e. The smallest absolute Gasteiger partial charge is 0.341 e. The molecule has 0 bridgehead atoms. The van der Waals surface area contributed by atoms with Crippen molar-refractivity contribution in [3.05, 3.63) is 96.6 Å². The second kappa shape index (κ2) is 32.6. The summed E-state index contributed by atoms with van der Waals surface area (Å²) in [7, 11) is 1.19. The molecule has 2 saturated carbocycles. The van der Waals surface area contributed by atoms with Crippen LogP contribution in [-0.4, -0.2) is 75.3 Å². The van der Waals surface area contributed by atoms with Crippen molar-refractivity contribution in [2.45, 2.75) is 150 Å². The van der Waals surface area contributed by atoms with Crippen LogP contribution >= 0.6 is 0 Å². The lowest BCUT2D eigenvalue weighted by Gasteiger charge is -2.27. The highest BCUT2D eigenvalue weighted by Crippen LogP contribution is 2.38. The molecule has 2 aliphatic carbocycles. The third-order valence-corrected chi connectivity index (χ3v) is 13.3. The van der Waals surface area contributed by atoms with Crippen LogP contribution in [0.15, 0.2) is 79.9 Å². The van der Waals surface area contributed by atoms with Crippen LogP contribution in [0, 0.1) is 30.6 Å². The molecule has 3 aromatic carbocycles. The van der Waals surface area contributed by atoms with E-state index < -0.39 is 53.5 Å². The molecule has 3 aromatic rings. The number of ether oxygens (including phenoxy) is 9. The SMILES string of the molecule is C=CC(=O)OCCCCCCOc1ccc(OC(=O)C2CCC(C(=O)Oc3ccc(OC(=O)C4CCC(C(=O)Oc5ccc(OCCCCCCOC(=O)C=C)c(C(C)(C)C)c5)CC4)cc3C(=O)OC)CC2)cc1C.CC. The Morgan fingerprint density at radius 1 is 0.494 bits per heavy atom. The van der Waals surface area contributed by atoms with Gasteiger partial charge in [-0.15, -0.1) is 0 Å². The Morgan fingerprint density at radius 3 is 1.26 bits per heavy atom. The molecule has 0 atom stereocenters. The molecule has 0 N–H and O–H groups in total. The number of methoxy groups -OCH3 is 1. The van der Waals surface area contributed by atoms with Crippen molar-refractivity contribution >= 4 is 41.8 Å². The lowest BCUT2D eigenvalue weighted by molar-refractivity contribution is -0.145. The predicted molar refractivity (Wildman–Crippen MR) is 289 cm³/mol. The number of hydrogen-bond acceptors (Lipinski definition) is 16. The predicted octanol–water partition coefficient (Wildman–Crippen LogP) is 12.1. The summed E-state index contributed by atoms with van der Waals surface area (Å²) < 4.78 is 50.1. The van der Waals surface area contributed by atoms with E-state index in [2.05, 4.69) is 33.9 Å². The monoisotopic (exact) mass is 1070 g/mol. The number of hydrogen-bond donors (Lipinski definition) is 0. The lowest BCUT2D eigenvalue weighted by Crippen LogP contribution is -2.31. The van der Waals surface area contributed by atoms with Gasteiger partial charge in [0.25, 0.3) is 0 Å². The van der Waals surface area contributed by atoms with E-state index in [4.69, 9.17) is 42.6 Å². The van der Waals surface area contributed by atoms with Crippen LogP contribution in [0.4, 0.5) is 0 Å². The van der Waals surface area contributed by atoms with Crippen molar-refractivity contribution in [1.82, 2.24) is 0 Å². The van der Waals surface area contributed by atoms with Crippen LogP contribution in [0.3, 0.4) is 0 Å². The van der Waals surface area contributed by atoms with Crippen molar-refractivity contribution in [2.75, 3.05) is 33.5 Å². The Labute approximate surface area is 454 Å². The van der Waals surface area contributed by atoms with Gasteiger partial charge in [-0.2, -0.15) is 0 Å². The molecule has 2 aliphatic rings. The number of benzene rings is 3. The molecule has 5 rings (SSSR count). The molecule has 16 nitrogen and oxygen atoms in total. The number of rotatable bonds is 27. The zero-order valence-electron chi connectivity index (χ0n) is 46.2. The van der Waals surface area contributed by atoms with Gasteiger partial charge in [-0.05, 0) is 175 Å². The van der Waals surface area contributed by atoms with E-state index in [9.17, 15) is 33.6 Å². The summed E-state index contributed by atoms with van der Waals surface area (Å²) in [6, 6.07) is 14.7. The normalized spacial score (nSPS) is 16.9. The first kappa shape index (κ1) is 62.6. The van der Waals surface area contributed by atoms with Gasteiger partial charge in [-0.1, -0.05) is 47.8 Å². The van der Waals surface area contributed by atoms with Gasteiger partial charge in [-0.25, -0.2) is 14.4 Å². The van der Waals surface area contributed by atoms with Gasteiger partial charge in [0.05, 0.1) is 57.2 Å². The average molecular weight is 1070 g/mol. The van der Waals surface area contributed by atoms with E-state index in [0.29, 0.717) is 95.0 Å². The second-order valence-corrected chi connectivity index (χ2v) is 20.0. The van der Waals surface area contributed by atoms with Crippen molar-refractivity contribution in [2.24, 2.45) is 23.7 Å². The molecule has 16 heteroatoms. The highest BCUT2D eigenvalue weighted by atomic mass is 16.6. The first-order valence-electron chi connectivity index (χ1n) is 27.2. The molecule has 2 fully saturated rings. The van der Waals surface area contributed by atoms with Crippen LogP contribution in [0.5, 0.6) is 34.5 Å². The quantitative estimate of drug-likeness (QED) is 0.0229. The molecule has 0 radical (unpaired) electrons. The van der Waals surface area contributed by atoms with Crippen molar-refractivity contribution in [1.29, 1.82) is 0 Å². The molecule has 420 valence electrons. The number of carbonyl (C=O) groups is 7. The molecular formula is C61H80O16. The second-order valence-electron chi connectivity index (χ2n) is 20.0. The Hall–Kier alpha value is -6.97. The third-order valence-electron chi connectivity index (χ3n) is 13.3.